The predicted octanol–water partition coefficient (Wildman–Crippen LogP) is 0.576. The smallest absolute Gasteiger partial charge is 0.234 e. The van der Waals surface area contributed by atoms with Crippen molar-refractivity contribution in [1.82, 2.24) is 15.1 Å². The first-order chi connectivity index (χ1) is 9.29. The molecule has 1 aliphatic carbocycles. The lowest BCUT2D eigenvalue weighted by atomic mass is 10.2. The fraction of sp³-hybridized carbons (Fsp3) is 0.857. The molecule has 1 aliphatic heterocycles. The quantitative estimate of drug-likeness (QED) is 0.738. The molecule has 19 heavy (non-hydrogen) atoms. The molecule has 5 nitrogen and oxygen atoms in total. The summed E-state index contributed by atoms with van der Waals surface area (Å²) in [6.45, 7) is 5.11. The molecule has 1 N–H and O–H groups in total. The summed E-state index contributed by atoms with van der Waals surface area (Å²) in [5, 5.41) is 11.2. The highest BCUT2D eigenvalue weighted by Crippen LogP contribution is 2.24. The molecule has 0 unspecified atom stereocenters. The Morgan fingerprint density at radius 1 is 1.21 bits per heavy atom. The zero-order chi connectivity index (χ0) is 13.5. The molecule has 1 heterocycles. The Hall–Kier alpha value is -1.12. The monoisotopic (exact) mass is 264 g/mol. The van der Waals surface area contributed by atoms with Crippen LogP contribution in [0.4, 0.5) is 0 Å². The number of carbonyl (C=O) groups excluding carboxylic acids is 1. The molecule has 5 heteroatoms. The van der Waals surface area contributed by atoms with Gasteiger partial charge in [0.05, 0.1) is 19.0 Å². The average Bonchev–Trinajstić information content (AvgIpc) is 2.94. The Morgan fingerprint density at radius 2 is 1.89 bits per heavy atom. The Morgan fingerprint density at radius 3 is 2.53 bits per heavy atom. The zero-order valence-electron chi connectivity index (χ0n) is 11.6. The lowest BCUT2D eigenvalue weighted by Crippen LogP contribution is -2.51. The molecule has 1 amide bonds. The molecule has 0 bridgehead atoms. The van der Waals surface area contributed by atoms with E-state index in [0.717, 1.165) is 32.2 Å². The summed E-state index contributed by atoms with van der Waals surface area (Å²) in [4.78, 5) is 16.5. The number of nitriles is 1. The van der Waals surface area contributed by atoms with Crippen LogP contribution >= 0.6 is 0 Å². The van der Waals surface area contributed by atoms with Gasteiger partial charge in [0.2, 0.25) is 5.91 Å². The highest BCUT2D eigenvalue weighted by molar-refractivity contribution is 5.78. The molecule has 2 aliphatic rings. The van der Waals surface area contributed by atoms with Gasteiger partial charge in [-0.1, -0.05) is 12.8 Å². The second-order valence-electron chi connectivity index (χ2n) is 5.51. The van der Waals surface area contributed by atoms with Crippen molar-refractivity contribution in [2.75, 3.05) is 39.3 Å². The van der Waals surface area contributed by atoms with Crippen molar-refractivity contribution in [3.05, 3.63) is 0 Å². The summed E-state index contributed by atoms with van der Waals surface area (Å²) in [5.74, 6) is 0.0459. The van der Waals surface area contributed by atoms with E-state index in [9.17, 15) is 4.79 Å². The van der Waals surface area contributed by atoms with Crippen LogP contribution in [0.2, 0.25) is 0 Å². The topological polar surface area (TPSA) is 59.4 Å². The van der Waals surface area contributed by atoms with E-state index < -0.39 is 0 Å². The number of amides is 1. The first kappa shape index (κ1) is 14.3. The number of nitrogens with zero attached hydrogens (tertiary/aromatic N) is 3. The van der Waals surface area contributed by atoms with Gasteiger partial charge in [-0.3, -0.25) is 14.6 Å². The van der Waals surface area contributed by atoms with E-state index in [-0.39, 0.29) is 5.91 Å². The molecule has 0 spiro atoms. The summed E-state index contributed by atoms with van der Waals surface area (Å²) in [7, 11) is 0. The van der Waals surface area contributed by atoms with Gasteiger partial charge in [-0.05, 0) is 12.8 Å². The average molecular weight is 264 g/mol. The predicted molar refractivity (Wildman–Crippen MR) is 73.5 cm³/mol. The normalized spacial score (nSPS) is 22.3. The van der Waals surface area contributed by atoms with Crippen molar-refractivity contribution >= 4 is 5.91 Å². The Balaban J connectivity index is 1.63. The molecular formula is C14H24N4O. The van der Waals surface area contributed by atoms with E-state index in [1.165, 1.54) is 25.7 Å². The minimum Gasteiger partial charge on any atom is -0.354 e. The van der Waals surface area contributed by atoms with Gasteiger partial charge in [-0.2, -0.15) is 5.26 Å². The van der Waals surface area contributed by atoms with Crippen LogP contribution in [0.5, 0.6) is 0 Å². The summed E-state index contributed by atoms with van der Waals surface area (Å²) in [6.07, 6.45) is 5.86. The Bertz CT molecular complexity index is 325. The summed E-state index contributed by atoms with van der Waals surface area (Å²) in [6, 6.07) is 2.83. The Labute approximate surface area is 115 Å². The van der Waals surface area contributed by atoms with E-state index in [0.29, 0.717) is 19.5 Å². The highest BCUT2D eigenvalue weighted by Gasteiger charge is 2.26. The molecule has 106 valence electrons. The molecule has 0 aromatic heterocycles. The van der Waals surface area contributed by atoms with Crippen LogP contribution in [0, 0.1) is 11.3 Å². The molecular weight excluding hydrogens is 240 g/mol. The SMILES string of the molecule is N#CCCNC(=O)CN1CCN(C2CCCC2)CC1. The number of hydrogen-bond acceptors (Lipinski definition) is 4. The summed E-state index contributed by atoms with van der Waals surface area (Å²) in [5.41, 5.74) is 0. The summed E-state index contributed by atoms with van der Waals surface area (Å²) < 4.78 is 0. The van der Waals surface area contributed by atoms with Crippen LogP contribution in [-0.2, 0) is 4.79 Å². The molecule has 0 aromatic carbocycles. The maximum atomic E-state index is 11.6. The maximum Gasteiger partial charge on any atom is 0.234 e. The van der Waals surface area contributed by atoms with Gasteiger partial charge in [-0.15, -0.1) is 0 Å². The third-order valence-electron chi connectivity index (χ3n) is 4.17. The van der Waals surface area contributed by atoms with Crippen LogP contribution in [0.1, 0.15) is 32.1 Å². The first-order valence-electron chi connectivity index (χ1n) is 7.39. The van der Waals surface area contributed by atoms with Crippen molar-refractivity contribution in [2.45, 2.75) is 38.1 Å². The lowest BCUT2D eigenvalue weighted by Gasteiger charge is -2.37. The van der Waals surface area contributed by atoms with Gasteiger partial charge in [-0.25, -0.2) is 0 Å². The number of rotatable bonds is 5. The standard InChI is InChI=1S/C14H24N4O/c15-6-3-7-16-14(19)12-17-8-10-18(11-9-17)13-4-1-2-5-13/h13H,1-5,7-12H2,(H,16,19). The van der Waals surface area contributed by atoms with Crippen molar-refractivity contribution in [2.24, 2.45) is 0 Å². The van der Waals surface area contributed by atoms with E-state index in [4.69, 9.17) is 5.26 Å². The minimum absolute atomic E-state index is 0.0459. The van der Waals surface area contributed by atoms with E-state index >= 15 is 0 Å². The highest BCUT2D eigenvalue weighted by atomic mass is 16.2. The molecule has 2 rings (SSSR count). The van der Waals surface area contributed by atoms with Gasteiger partial charge in [0.1, 0.15) is 0 Å². The van der Waals surface area contributed by atoms with Gasteiger partial charge in [0.15, 0.2) is 0 Å². The van der Waals surface area contributed by atoms with Crippen molar-refractivity contribution in [3.63, 3.8) is 0 Å². The van der Waals surface area contributed by atoms with Crippen molar-refractivity contribution in [1.29, 1.82) is 5.26 Å². The van der Waals surface area contributed by atoms with Crippen LogP contribution in [0.3, 0.4) is 0 Å². The van der Waals surface area contributed by atoms with E-state index in [1.54, 1.807) is 0 Å². The van der Waals surface area contributed by atoms with Crippen LogP contribution in [-0.4, -0.2) is 61.0 Å². The lowest BCUT2D eigenvalue weighted by molar-refractivity contribution is -0.122. The van der Waals surface area contributed by atoms with E-state index in [1.807, 2.05) is 6.07 Å². The third-order valence-corrected chi connectivity index (χ3v) is 4.17. The van der Waals surface area contributed by atoms with E-state index in [2.05, 4.69) is 15.1 Å². The fourth-order valence-corrected chi connectivity index (χ4v) is 3.07. The second kappa shape index (κ2) is 7.46. The minimum atomic E-state index is 0.0459. The first-order valence-corrected chi connectivity index (χ1v) is 7.39. The number of carbonyl (C=O) groups is 1. The van der Waals surface area contributed by atoms with Gasteiger partial charge < -0.3 is 5.32 Å². The molecule has 0 radical (unpaired) electrons. The number of nitrogens with one attached hydrogen (secondary N) is 1. The molecule has 0 aromatic rings. The van der Waals surface area contributed by atoms with Gasteiger partial charge >= 0.3 is 0 Å². The van der Waals surface area contributed by atoms with Crippen LogP contribution in [0.25, 0.3) is 0 Å². The largest absolute Gasteiger partial charge is 0.354 e. The molecule has 2 fully saturated rings. The molecule has 1 saturated heterocycles. The third kappa shape index (κ3) is 4.48. The summed E-state index contributed by atoms with van der Waals surface area (Å²) >= 11 is 0. The maximum absolute atomic E-state index is 11.6. The number of piperazine rings is 1. The van der Waals surface area contributed by atoms with Crippen molar-refractivity contribution < 1.29 is 4.79 Å². The van der Waals surface area contributed by atoms with Crippen LogP contribution < -0.4 is 5.32 Å². The van der Waals surface area contributed by atoms with Crippen LogP contribution in [0.15, 0.2) is 0 Å². The fourth-order valence-electron chi connectivity index (χ4n) is 3.07. The number of hydrogen-bond donors (Lipinski definition) is 1. The zero-order valence-corrected chi connectivity index (χ0v) is 11.6. The molecule has 0 atom stereocenters. The van der Waals surface area contributed by atoms with Gasteiger partial charge in [0, 0.05) is 38.8 Å². The van der Waals surface area contributed by atoms with Gasteiger partial charge in [0.25, 0.3) is 0 Å². The Kier molecular flexibility index (Phi) is 5.62. The van der Waals surface area contributed by atoms with Crippen molar-refractivity contribution in [3.8, 4) is 6.07 Å². The molecule has 1 saturated carbocycles. The second-order valence-corrected chi connectivity index (χ2v) is 5.51.